The van der Waals surface area contributed by atoms with Gasteiger partial charge in [-0.1, -0.05) is 19.1 Å². The van der Waals surface area contributed by atoms with Crippen LogP contribution in [-0.2, 0) is 19.4 Å². The first-order valence-corrected chi connectivity index (χ1v) is 8.25. The molecular weight excluding hydrogens is 298 g/mol. The number of rotatable bonds is 3. The summed E-state index contributed by atoms with van der Waals surface area (Å²) in [5.41, 5.74) is 5.46. The fourth-order valence-corrected chi connectivity index (χ4v) is 3.11. The Morgan fingerprint density at radius 3 is 2.83 bits per heavy atom. The molecule has 1 heterocycles. The van der Waals surface area contributed by atoms with Crippen LogP contribution in [0.25, 0.3) is 0 Å². The second-order valence-corrected chi connectivity index (χ2v) is 6.26. The first kappa shape index (κ1) is 16.2. The van der Waals surface area contributed by atoms with Gasteiger partial charge in [0, 0.05) is 24.3 Å². The van der Waals surface area contributed by atoms with E-state index in [4.69, 9.17) is 0 Å². The van der Waals surface area contributed by atoms with Gasteiger partial charge in [-0.2, -0.15) is 5.26 Å². The molecule has 0 aromatic heterocycles. The van der Waals surface area contributed by atoms with Crippen LogP contribution in [0.5, 0.6) is 0 Å². The highest BCUT2D eigenvalue weighted by Gasteiger charge is 2.15. The van der Waals surface area contributed by atoms with Gasteiger partial charge in [0.1, 0.15) is 0 Å². The number of carbonyl (C=O) groups is 1. The Balaban J connectivity index is 1.80. The molecule has 0 aliphatic carbocycles. The van der Waals surface area contributed by atoms with E-state index in [2.05, 4.69) is 35.5 Å². The molecular formula is C20H21N3O. The number of aryl methyl sites for hydroxylation is 1. The van der Waals surface area contributed by atoms with E-state index in [1.807, 2.05) is 19.1 Å². The minimum atomic E-state index is -0.182. The van der Waals surface area contributed by atoms with Gasteiger partial charge >= 0.3 is 0 Å². The molecule has 2 aromatic rings. The second-order valence-electron chi connectivity index (χ2n) is 6.26. The van der Waals surface area contributed by atoms with Gasteiger partial charge in [-0.25, -0.2) is 0 Å². The van der Waals surface area contributed by atoms with Crippen LogP contribution in [0.1, 0.15) is 39.5 Å². The maximum Gasteiger partial charge on any atom is 0.255 e. The van der Waals surface area contributed by atoms with Crippen molar-refractivity contribution in [2.24, 2.45) is 0 Å². The second kappa shape index (κ2) is 6.86. The lowest BCUT2D eigenvalue weighted by Gasteiger charge is -2.25. The number of anilines is 1. The van der Waals surface area contributed by atoms with Gasteiger partial charge in [-0.05, 0) is 60.8 Å². The number of carbonyl (C=O) groups excluding carboxylic acids is 1. The smallest absolute Gasteiger partial charge is 0.255 e. The third kappa shape index (κ3) is 3.32. The van der Waals surface area contributed by atoms with Crippen molar-refractivity contribution < 1.29 is 4.79 Å². The predicted octanol–water partition coefficient (Wildman–Crippen LogP) is 3.36. The highest BCUT2D eigenvalue weighted by Crippen LogP contribution is 2.22. The van der Waals surface area contributed by atoms with Crippen LogP contribution in [-0.4, -0.2) is 24.4 Å². The van der Waals surface area contributed by atoms with Crippen molar-refractivity contribution in [2.45, 2.75) is 26.3 Å². The summed E-state index contributed by atoms with van der Waals surface area (Å²) in [6.07, 6.45) is 1.83. The van der Waals surface area contributed by atoms with Crippen LogP contribution in [0.3, 0.4) is 0 Å². The zero-order valence-electron chi connectivity index (χ0n) is 14.1. The van der Waals surface area contributed by atoms with Crippen LogP contribution in [0.15, 0.2) is 36.4 Å². The normalized spacial score (nSPS) is 13.9. The summed E-state index contributed by atoms with van der Waals surface area (Å²) in [5, 5.41) is 12.2. The van der Waals surface area contributed by atoms with Gasteiger partial charge in [0.25, 0.3) is 5.91 Å². The van der Waals surface area contributed by atoms with Crippen LogP contribution in [0.4, 0.5) is 5.69 Å². The molecule has 1 amide bonds. The average molecular weight is 319 g/mol. The van der Waals surface area contributed by atoms with Crippen molar-refractivity contribution in [3.05, 3.63) is 64.2 Å². The topological polar surface area (TPSA) is 56.1 Å². The molecule has 0 spiro atoms. The number of nitrogens with one attached hydrogen (secondary N) is 1. The highest BCUT2D eigenvalue weighted by molar-refractivity contribution is 6.04. The quantitative estimate of drug-likeness (QED) is 0.944. The van der Waals surface area contributed by atoms with Crippen molar-refractivity contribution in [2.75, 3.05) is 18.9 Å². The molecule has 2 aromatic carbocycles. The Bertz CT molecular complexity index is 820. The summed E-state index contributed by atoms with van der Waals surface area (Å²) in [6, 6.07) is 13.6. The van der Waals surface area contributed by atoms with Crippen molar-refractivity contribution >= 4 is 11.6 Å². The zero-order chi connectivity index (χ0) is 17.1. The maximum absolute atomic E-state index is 12.5. The summed E-state index contributed by atoms with van der Waals surface area (Å²) >= 11 is 0. The molecule has 0 unspecified atom stereocenters. The number of fused-ring (bicyclic) bond motifs is 1. The minimum Gasteiger partial charge on any atom is -0.322 e. The molecule has 1 N–H and O–H groups in total. The van der Waals surface area contributed by atoms with E-state index in [-0.39, 0.29) is 5.91 Å². The number of likely N-dealkylation sites (N-methyl/N-ethyl adjacent to an activating group) is 1. The minimum absolute atomic E-state index is 0.182. The molecule has 0 fully saturated rings. The van der Waals surface area contributed by atoms with Crippen LogP contribution >= 0.6 is 0 Å². The van der Waals surface area contributed by atoms with E-state index in [0.29, 0.717) is 11.1 Å². The zero-order valence-corrected chi connectivity index (χ0v) is 14.1. The van der Waals surface area contributed by atoms with Gasteiger partial charge in [-0.3, -0.25) is 4.79 Å². The highest BCUT2D eigenvalue weighted by atomic mass is 16.1. The lowest BCUT2D eigenvalue weighted by molar-refractivity contribution is 0.102. The van der Waals surface area contributed by atoms with E-state index in [9.17, 15) is 10.1 Å². The van der Waals surface area contributed by atoms with Crippen LogP contribution in [0.2, 0.25) is 0 Å². The molecule has 3 rings (SSSR count). The molecule has 1 aliphatic rings. The molecule has 0 saturated carbocycles. The fraction of sp³-hybridized carbons (Fsp3) is 0.300. The monoisotopic (exact) mass is 319 g/mol. The molecule has 122 valence electrons. The molecule has 0 radical (unpaired) electrons. The van der Waals surface area contributed by atoms with Gasteiger partial charge in [0.2, 0.25) is 0 Å². The summed E-state index contributed by atoms with van der Waals surface area (Å²) < 4.78 is 0. The van der Waals surface area contributed by atoms with Crippen LogP contribution in [0, 0.1) is 11.3 Å². The first-order valence-electron chi connectivity index (χ1n) is 8.25. The number of hydrogen-bond donors (Lipinski definition) is 1. The Hall–Kier alpha value is -2.64. The molecule has 24 heavy (non-hydrogen) atoms. The largest absolute Gasteiger partial charge is 0.322 e. The van der Waals surface area contributed by atoms with E-state index >= 15 is 0 Å². The third-order valence-electron chi connectivity index (χ3n) is 4.54. The SMILES string of the molecule is CCc1ccc(C(=O)Nc2ccc3c(c2)CN(C)CC3)cc1C#N. The Labute approximate surface area is 142 Å². The Morgan fingerprint density at radius 2 is 2.08 bits per heavy atom. The number of amides is 1. The summed E-state index contributed by atoms with van der Waals surface area (Å²) in [4.78, 5) is 14.8. The van der Waals surface area contributed by atoms with Gasteiger partial charge in [0.15, 0.2) is 0 Å². The van der Waals surface area contributed by atoms with E-state index in [1.165, 1.54) is 11.1 Å². The van der Waals surface area contributed by atoms with Crippen molar-refractivity contribution in [1.29, 1.82) is 5.26 Å². The van der Waals surface area contributed by atoms with E-state index in [1.54, 1.807) is 12.1 Å². The van der Waals surface area contributed by atoms with Crippen molar-refractivity contribution in [3.8, 4) is 6.07 Å². The first-order chi connectivity index (χ1) is 11.6. The standard InChI is InChI=1S/C20H21N3O/c1-3-14-4-5-16(10-17(14)12-21)20(24)22-19-7-6-15-8-9-23(2)13-18(15)11-19/h4-7,10-11H,3,8-9,13H2,1-2H3,(H,22,24). The molecule has 0 atom stereocenters. The molecule has 1 aliphatic heterocycles. The number of nitriles is 1. The van der Waals surface area contributed by atoms with Gasteiger partial charge in [-0.15, -0.1) is 0 Å². The average Bonchev–Trinajstić information content (AvgIpc) is 2.60. The summed E-state index contributed by atoms with van der Waals surface area (Å²) in [5.74, 6) is -0.182. The lowest BCUT2D eigenvalue weighted by Crippen LogP contribution is -2.26. The van der Waals surface area contributed by atoms with Crippen molar-refractivity contribution in [3.63, 3.8) is 0 Å². The molecule has 4 nitrogen and oxygen atoms in total. The number of nitrogens with zero attached hydrogens (tertiary/aromatic N) is 2. The Morgan fingerprint density at radius 1 is 1.25 bits per heavy atom. The number of benzene rings is 2. The fourth-order valence-electron chi connectivity index (χ4n) is 3.11. The third-order valence-corrected chi connectivity index (χ3v) is 4.54. The van der Waals surface area contributed by atoms with Gasteiger partial charge < -0.3 is 10.2 Å². The predicted molar refractivity (Wildman–Crippen MR) is 95.0 cm³/mol. The van der Waals surface area contributed by atoms with Crippen molar-refractivity contribution in [1.82, 2.24) is 4.90 Å². The summed E-state index contributed by atoms with van der Waals surface area (Å²) in [6.45, 7) is 3.97. The molecule has 0 bridgehead atoms. The van der Waals surface area contributed by atoms with E-state index < -0.39 is 0 Å². The Kier molecular flexibility index (Phi) is 4.64. The van der Waals surface area contributed by atoms with Gasteiger partial charge in [0.05, 0.1) is 11.6 Å². The maximum atomic E-state index is 12.5. The molecule has 0 saturated heterocycles. The number of hydrogen-bond acceptors (Lipinski definition) is 3. The van der Waals surface area contributed by atoms with Crippen LogP contribution < -0.4 is 5.32 Å². The van der Waals surface area contributed by atoms with E-state index in [0.717, 1.165) is 37.2 Å². The molecule has 4 heteroatoms. The summed E-state index contributed by atoms with van der Waals surface area (Å²) in [7, 11) is 2.10. The lowest BCUT2D eigenvalue weighted by atomic mass is 9.99.